The zero-order chi connectivity index (χ0) is 19.3. The topological polar surface area (TPSA) is 97.4 Å². The van der Waals surface area contributed by atoms with Gasteiger partial charge in [0.05, 0.1) is 7.11 Å². The SMILES string of the molecule is CC[C@@H]1OC(=O)[C@@H](OC(C)=O)[C@H](OC(C)=O)[C@@H]1Oc1ccc(OC)cc1. The Bertz CT molecular complexity index is 654. The zero-order valence-electron chi connectivity index (χ0n) is 15.1. The summed E-state index contributed by atoms with van der Waals surface area (Å²) >= 11 is 0. The highest BCUT2D eigenvalue weighted by Gasteiger charge is 2.51. The predicted molar refractivity (Wildman–Crippen MR) is 88.7 cm³/mol. The van der Waals surface area contributed by atoms with Crippen LogP contribution in [0.25, 0.3) is 0 Å². The molecule has 0 N–H and O–H groups in total. The fourth-order valence-corrected chi connectivity index (χ4v) is 2.69. The van der Waals surface area contributed by atoms with Crippen LogP contribution >= 0.6 is 0 Å². The smallest absolute Gasteiger partial charge is 0.352 e. The Balaban J connectivity index is 2.32. The highest BCUT2D eigenvalue weighted by atomic mass is 16.7. The van der Waals surface area contributed by atoms with Gasteiger partial charge >= 0.3 is 17.9 Å². The molecule has 0 aromatic heterocycles. The van der Waals surface area contributed by atoms with Crippen LogP contribution in [0.2, 0.25) is 0 Å². The Morgan fingerprint density at radius 3 is 2.08 bits per heavy atom. The lowest BCUT2D eigenvalue weighted by Gasteiger charge is -2.39. The highest BCUT2D eigenvalue weighted by Crippen LogP contribution is 2.29. The first-order valence-corrected chi connectivity index (χ1v) is 8.21. The van der Waals surface area contributed by atoms with Crippen LogP contribution in [0, 0.1) is 0 Å². The van der Waals surface area contributed by atoms with E-state index in [2.05, 4.69) is 0 Å². The second-order valence-corrected chi connectivity index (χ2v) is 5.75. The maximum Gasteiger partial charge on any atom is 0.352 e. The lowest BCUT2D eigenvalue weighted by Crippen LogP contribution is -2.60. The van der Waals surface area contributed by atoms with Crippen LogP contribution in [0.15, 0.2) is 24.3 Å². The number of rotatable bonds is 6. The minimum Gasteiger partial charge on any atom is -0.497 e. The molecule has 0 unspecified atom stereocenters. The van der Waals surface area contributed by atoms with Gasteiger partial charge in [0, 0.05) is 13.8 Å². The van der Waals surface area contributed by atoms with Crippen LogP contribution in [-0.4, -0.2) is 49.4 Å². The average molecular weight is 366 g/mol. The maximum atomic E-state index is 12.2. The Hall–Kier alpha value is -2.77. The summed E-state index contributed by atoms with van der Waals surface area (Å²) in [4.78, 5) is 35.1. The molecule has 1 aliphatic heterocycles. The summed E-state index contributed by atoms with van der Waals surface area (Å²) in [5.74, 6) is -0.977. The Morgan fingerprint density at radius 2 is 1.58 bits per heavy atom. The number of methoxy groups -OCH3 is 1. The molecule has 1 heterocycles. The van der Waals surface area contributed by atoms with E-state index in [4.69, 9.17) is 23.7 Å². The van der Waals surface area contributed by atoms with Gasteiger partial charge in [-0.25, -0.2) is 4.79 Å². The second kappa shape index (κ2) is 8.55. The number of esters is 3. The van der Waals surface area contributed by atoms with Gasteiger partial charge in [-0.05, 0) is 30.7 Å². The molecule has 1 aromatic rings. The number of cyclic esters (lactones) is 1. The summed E-state index contributed by atoms with van der Waals surface area (Å²) in [7, 11) is 1.55. The van der Waals surface area contributed by atoms with E-state index in [0.29, 0.717) is 17.9 Å². The third-order valence-corrected chi connectivity index (χ3v) is 3.82. The second-order valence-electron chi connectivity index (χ2n) is 5.75. The molecule has 0 saturated carbocycles. The third kappa shape index (κ3) is 4.65. The number of carbonyl (C=O) groups is 3. The summed E-state index contributed by atoms with van der Waals surface area (Å²) in [6.45, 7) is 4.17. The first-order chi connectivity index (χ1) is 12.3. The monoisotopic (exact) mass is 366 g/mol. The van der Waals surface area contributed by atoms with Crippen molar-refractivity contribution < 1.29 is 38.1 Å². The molecule has 0 amide bonds. The Morgan fingerprint density at radius 1 is 1.00 bits per heavy atom. The van der Waals surface area contributed by atoms with Gasteiger partial charge in [-0.15, -0.1) is 0 Å². The van der Waals surface area contributed by atoms with Crippen LogP contribution in [0.4, 0.5) is 0 Å². The van der Waals surface area contributed by atoms with Gasteiger partial charge in [0.1, 0.15) is 17.6 Å². The largest absolute Gasteiger partial charge is 0.497 e. The predicted octanol–water partition coefficient (Wildman–Crippen LogP) is 1.64. The zero-order valence-corrected chi connectivity index (χ0v) is 15.1. The number of hydrogen-bond donors (Lipinski definition) is 0. The van der Waals surface area contributed by atoms with Crippen molar-refractivity contribution in [3.8, 4) is 11.5 Å². The lowest BCUT2D eigenvalue weighted by atomic mass is 9.97. The van der Waals surface area contributed by atoms with Gasteiger partial charge in [0.15, 0.2) is 12.2 Å². The standard InChI is InChI=1S/C18H22O8/c1-5-14-15(25-13-8-6-12(22-4)7-9-13)16(23-10(2)19)17(18(21)26-14)24-11(3)20/h6-9,14-17H,5H2,1-4H3/t14-,15+,16+,17-/m0/s1. The fourth-order valence-electron chi connectivity index (χ4n) is 2.69. The molecule has 4 atom stereocenters. The Labute approximate surface area is 151 Å². The molecular weight excluding hydrogens is 344 g/mol. The minimum atomic E-state index is -1.39. The molecule has 0 aliphatic carbocycles. The van der Waals surface area contributed by atoms with Crippen molar-refractivity contribution in [2.75, 3.05) is 7.11 Å². The van der Waals surface area contributed by atoms with Crippen LogP contribution in [0.1, 0.15) is 27.2 Å². The van der Waals surface area contributed by atoms with Crippen LogP contribution in [-0.2, 0) is 28.6 Å². The van der Waals surface area contributed by atoms with E-state index in [-0.39, 0.29) is 0 Å². The lowest BCUT2D eigenvalue weighted by molar-refractivity contribution is -0.215. The van der Waals surface area contributed by atoms with Crippen molar-refractivity contribution in [2.45, 2.75) is 51.6 Å². The van der Waals surface area contributed by atoms with Crippen molar-refractivity contribution >= 4 is 17.9 Å². The van der Waals surface area contributed by atoms with E-state index >= 15 is 0 Å². The van der Waals surface area contributed by atoms with Crippen molar-refractivity contribution in [3.63, 3.8) is 0 Å². The molecule has 0 bridgehead atoms. The molecule has 0 spiro atoms. The van der Waals surface area contributed by atoms with Crippen molar-refractivity contribution in [1.82, 2.24) is 0 Å². The minimum absolute atomic E-state index is 0.428. The summed E-state index contributed by atoms with van der Waals surface area (Å²) in [5, 5.41) is 0. The van der Waals surface area contributed by atoms with Gasteiger partial charge in [-0.1, -0.05) is 6.92 Å². The third-order valence-electron chi connectivity index (χ3n) is 3.82. The normalized spacial score (nSPS) is 25.0. The van der Waals surface area contributed by atoms with Crippen molar-refractivity contribution in [2.24, 2.45) is 0 Å². The van der Waals surface area contributed by atoms with E-state index in [9.17, 15) is 14.4 Å². The molecule has 26 heavy (non-hydrogen) atoms. The highest BCUT2D eigenvalue weighted by molar-refractivity contribution is 5.81. The van der Waals surface area contributed by atoms with Gasteiger partial charge in [0.2, 0.25) is 6.10 Å². The molecule has 8 nitrogen and oxygen atoms in total. The summed E-state index contributed by atoms with van der Waals surface area (Å²) in [6, 6.07) is 6.76. The molecule has 1 aliphatic rings. The van der Waals surface area contributed by atoms with Crippen molar-refractivity contribution in [1.29, 1.82) is 0 Å². The molecule has 142 valence electrons. The fraction of sp³-hybridized carbons (Fsp3) is 0.500. The van der Waals surface area contributed by atoms with Crippen LogP contribution in [0.3, 0.4) is 0 Å². The first-order valence-electron chi connectivity index (χ1n) is 8.21. The van der Waals surface area contributed by atoms with Crippen LogP contribution < -0.4 is 9.47 Å². The average Bonchev–Trinajstić information content (AvgIpc) is 2.60. The van der Waals surface area contributed by atoms with Gasteiger partial charge in [-0.3, -0.25) is 9.59 Å². The number of ether oxygens (including phenoxy) is 5. The van der Waals surface area contributed by atoms with E-state index in [1.54, 1.807) is 38.3 Å². The molecule has 2 rings (SSSR count). The molecular formula is C18H22O8. The van der Waals surface area contributed by atoms with Gasteiger partial charge < -0.3 is 23.7 Å². The number of hydrogen-bond acceptors (Lipinski definition) is 8. The first kappa shape index (κ1) is 19.6. The molecule has 1 aromatic carbocycles. The van der Waals surface area contributed by atoms with E-state index in [1.165, 1.54) is 6.92 Å². The van der Waals surface area contributed by atoms with Gasteiger partial charge in [-0.2, -0.15) is 0 Å². The van der Waals surface area contributed by atoms with E-state index in [1.807, 2.05) is 0 Å². The molecule has 1 saturated heterocycles. The van der Waals surface area contributed by atoms with E-state index < -0.39 is 42.3 Å². The summed E-state index contributed by atoms with van der Waals surface area (Å²) < 4.78 is 26.7. The van der Waals surface area contributed by atoms with Gasteiger partial charge in [0.25, 0.3) is 0 Å². The Kier molecular flexibility index (Phi) is 6.43. The maximum absolute atomic E-state index is 12.2. The molecule has 1 fully saturated rings. The summed E-state index contributed by atoms with van der Waals surface area (Å²) in [6.07, 6.45) is -3.58. The quantitative estimate of drug-likeness (QED) is 0.554. The number of benzene rings is 1. The van der Waals surface area contributed by atoms with E-state index in [0.717, 1.165) is 6.92 Å². The van der Waals surface area contributed by atoms with Crippen LogP contribution in [0.5, 0.6) is 11.5 Å². The summed E-state index contributed by atoms with van der Waals surface area (Å²) in [5.41, 5.74) is 0. The molecule has 0 radical (unpaired) electrons. The number of carbonyl (C=O) groups excluding carboxylic acids is 3. The van der Waals surface area contributed by atoms with Crippen molar-refractivity contribution in [3.05, 3.63) is 24.3 Å². The molecule has 8 heteroatoms.